The first kappa shape index (κ1) is 23.1. The zero-order chi connectivity index (χ0) is 23.4. The third-order valence-electron chi connectivity index (χ3n) is 6.08. The molecule has 1 saturated heterocycles. The van der Waals surface area contributed by atoms with Crippen LogP contribution < -0.4 is 14.8 Å². The lowest BCUT2D eigenvalue weighted by atomic mass is 9.98. The molecule has 0 aromatic heterocycles. The number of methoxy groups -OCH3 is 2. The number of nitrogens with one attached hydrogen (secondary N) is 1. The number of rotatable bonds is 7. The molecule has 3 aromatic rings. The smallest absolute Gasteiger partial charge is 0.246 e. The molecule has 1 amide bonds. The molecule has 1 fully saturated rings. The Bertz CT molecular complexity index is 1250. The minimum absolute atomic E-state index is 0.0427. The fraction of sp³-hybridized carbons (Fsp3) is 0.320. The summed E-state index contributed by atoms with van der Waals surface area (Å²) in [6.45, 7) is 0.882. The Morgan fingerprint density at radius 2 is 1.85 bits per heavy atom. The van der Waals surface area contributed by atoms with E-state index in [9.17, 15) is 13.2 Å². The van der Waals surface area contributed by atoms with Gasteiger partial charge in [-0.2, -0.15) is 4.31 Å². The van der Waals surface area contributed by atoms with Gasteiger partial charge in [0.25, 0.3) is 0 Å². The molecule has 1 aliphatic heterocycles. The Morgan fingerprint density at radius 1 is 1.06 bits per heavy atom. The van der Waals surface area contributed by atoms with Crippen molar-refractivity contribution in [2.45, 2.75) is 24.3 Å². The summed E-state index contributed by atoms with van der Waals surface area (Å²) in [5.74, 6) is 0.120. The van der Waals surface area contributed by atoms with E-state index in [0.717, 1.165) is 16.3 Å². The predicted molar refractivity (Wildman–Crippen MR) is 127 cm³/mol. The van der Waals surface area contributed by atoms with Gasteiger partial charge in [-0.05, 0) is 41.3 Å². The first-order chi connectivity index (χ1) is 15.9. The molecular weight excluding hydrogens is 440 g/mol. The SMILES string of the molecule is COc1ccc(OC)c(S(=O)(=O)N2CCC[C@@H](C(=O)NCc3cccc4ccccc34)C2)c1. The van der Waals surface area contributed by atoms with Crippen LogP contribution in [0.2, 0.25) is 0 Å². The number of hydrogen-bond acceptors (Lipinski definition) is 5. The number of amides is 1. The van der Waals surface area contributed by atoms with Gasteiger partial charge in [0.05, 0.1) is 20.1 Å². The summed E-state index contributed by atoms with van der Waals surface area (Å²) < 4.78 is 38.6. The zero-order valence-electron chi connectivity index (χ0n) is 18.8. The summed E-state index contributed by atoms with van der Waals surface area (Å²) in [5, 5.41) is 5.22. The quantitative estimate of drug-likeness (QED) is 0.573. The molecule has 1 heterocycles. The van der Waals surface area contributed by atoms with Gasteiger partial charge >= 0.3 is 0 Å². The normalized spacial score (nSPS) is 17.0. The molecule has 0 spiro atoms. The Balaban J connectivity index is 1.48. The van der Waals surface area contributed by atoms with Crippen molar-refractivity contribution in [2.75, 3.05) is 27.3 Å². The van der Waals surface area contributed by atoms with E-state index in [1.165, 1.54) is 24.6 Å². The first-order valence-electron chi connectivity index (χ1n) is 10.9. The minimum Gasteiger partial charge on any atom is -0.497 e. The lowest BCUT2D eigenvalue weighted by Gasteiger charge is -2.31. The zero-order valence-corrected chi connectivity index (χ0v) is 19.6. The second-order valence-corrected chi connectivity index (χ2v) is 9.98. The van der Waals surface area contributed by atoms with Crippen LogP contribution in [0.25, 0.3) is 10.8 Å². The van der Waals surface area contributed by atoms with Crippen LogP contribution in [0.3, 0.4) is 0 Å². The van der Waals surface area contributed by atoms with Gasteiger partial charge < -0.3 is 14.8 Å². The van der Waals surface area contributed by atoms with Crippen LogP contribution in [0.5, 0.6) is 11.5 Å². The van der Waals surface area contributed by atoms with Crippen molar-refractivity contribution in [3.63, 3.8) is 0 Å². The molecule has 3 aromatic carbocycles. The van der Waals surface area contributed by atoms with E-state index < -0.39 is 15.9 Å². The van der Waals surface area contributed by atoms with E-state index in [1.807, 2.05) is 42.5 Å². The lowest BCUT2D eigenvalue weighted by Crippen LogP contribution is -2.45. The van der Waals surface area contributed by atoms with Crippen molar-refractivity contribution >= 4 is 26.7 Å². The number of ether oxygens (including phenoxy) is 2. The first-order valence-corrected chi connectivity index (χ1v) is 12.3. The van der Waals surface area contributed by atoms with E-state index in [2.05, 4.69) is 5.32 Å². The maximum absolute atomic E-state index is 13.4. The van der Waals surface area contributed by atoms with E-state index in [0.29, 0.717) is 31.7 Å². The summed E-state index contributed by atoms with van der Waals surface area (Å²) in [6, 6.07) is 18.7. The minimum atomic E-state index is -3.85. The van der Waals surface area contributed by atoms with E-state index in [4.69, 9.17) is 9.47 Å². The highest BCUT2D eigenvalue weighted by Gasteiger charge is 2.35. The number of carbonyl (C=O) groups excluding carboxylic acids is 1. The van der Waals surface area contributed by atoms with Crippen LogP contribution in [-0.2, 0) is 21.4 Å². The molecule has 33 heavy (non-hydrogen) atoms. The molecule has 0 radical (unpaired) electrons. The summed E-state index contributed by atoms with van der Waals surface area (Å²) >= 11 is 0. The predicted octanol–water partition coefficient (Wildman–Crippen LogP) is 3.57. The van der Waals surface area contributed by atoms with Crippen molar-refractivity contribution in [1.29, 1.82) is 0 Å². The number of piperidine rings is 1. The van der Waals surface area contributed by atoms with Gasteiger partial charge in [0.1, 0.15) is 16.4 Å². The number of benzene rings is 3. The highest BCUT2D eigenvalue weighted by molar-refractivity contribution is 7.89. The monoisotopic (exact) mass is 468 g/mol. The number of hydrogen-bond donors (Lipinski definition) is 1. The van der Waals surface area contributed by atoms with Gasteiger partial charge in [-0.15, -0.1) is 0 Å². The summed E-state index contributed by atoms with van der Waals surface area (Å²) in [7, 11) is -0.939. The van der Waals surface area contributed by atoms with Crippen LogP contribution in [0, 0.1) is 5.92 Å². The Kier molecular flexibility index (Phi) is 6.85. The summed E-state index contributed by atoms with van der Waals surface area (Å²) in [5.41, 5.74) is 1.03. The second kappa shape index (κ2) is 9.80. The molecule has 174 valence electrons. The van der Waals surface area contributed by atoms with Crippen LogP contribution in [0.1, 0.15) is 18.4 Å². The largest absolute Gasteiger partial charge is 0.497 e. The van der Waals surface area contributed by atoms with Crippen LogP contribution >= 0.6 is 0 Å². The van der Waals surface area contributed by atoms with Crippen LogP contribution in [0.4, 0.5) is 0 Å². The Hall–Kier alpha value is -3.10. The molecule has 4 rings (SSSR count). The van der Waals surface area contributed by atoms with Crippen LogP contribution in [0.15, 0.2) is 65.6 Å². The third kappa shape index (κ3) is 4.82. The number of nitrogens with zero attached hydrogens (tertiary/aromatic N) is 1. The topological polar surface area (TPSA) is 84.9 Å². The number of sulfonamides is 1. The molecule has 0 unspecified atom stereocenters. The van der Waals surface area contributed by atoms with Crippen molar-refractivity contribution in [2.24, 2.45) is 5.92 Å². The van der Waals surface area contributed by atoms with Gasteiger partial charge in [-0.3, -0.25) is 4.79 Å². The molecule has 0 bridgehead atoms. The van der Waals surface area contributed by atoms with Crippen LogP contribution in [-0.4, -0.2) is 45.9 Å². The molecule has 0 aliphatic carbocycles. The molecule has 1 aliphatic rings. The van der Waals surface area contributed by atoms with E-state index in [1.54, 1.807) is 12.1 Å². The standard InChI is InChI=1S/C25H28N2O5S/c1-31-21-12-13-23(32-2)24(15-21)33(29,30)27-14-6-10-20(17-27)25(28)26-16-19-9-5-8-18-7-3-4-11-22(18)19/h3-5,7-9,11-13,15,20H,6,10,14,16-17H2,1-2H3,(H,26,28)/t20-/m1/s1. The maximum Gasteiger partial charge on any atom is 0.246 e. The van der Waals surface area contributed by atoms with Gasteiger partial charge in [0.15, 0.2) is 0 Å². The summed E-state index contributed by atoms with van der Waals surface area (Å²) in [6.07, 6.45) is 1.25. The van der Waals surface area contributed by atoms with Gasteiger partial charge in [0, 0.05) is 25.7 Å². The number of carbonyl (C=O) groups is 1. The van der Waals surface area contributed by atoms with Crippen molar-refractivity contribution in [1.82, 2.24) is 9.62 Å². The number of fused-ring (bicyclic) bond motifs is 1. The van der Waals surface area contributed by atoms with Gasteiger partial charge in [-0.1, -0.05) is 42.5 Å². The fourth-order valence-corrected chi connectivity index (χ4v) is 5.97. The van der Waals surface area contributed by atoms with E-state index >= 15 is 0 Å². The lowest BCUT2D eigenvalue weighted by molar-refractivity contribution is -0.126. The fourth-order valence-electron chi connectivity index (χ4n) is 4.27. The molecule has 8 heteroatoms. The molecule has 1 atom stereocenters. The van der Waals surface area contributed by atoms with Gasteiger partial charge in [-0.25, -0.2) is 8.42 Å². The Morgan fingerprint density at radius 3 is 2.64 bits per heavy atom. The van der Waals surface area contributed by atoms with Crippen molar-refractivity contribution in [3.05, 3.63) is 66.2 Å². The highest BCUT2D eigenvalue weighted by Crippen LogP contribution is 2.32. The van der Waals surface area contributed by atoms with Gasteiger partial charge in [0.2, 0.25) is 15.9 Å². The maximum atomic E-state index is 13.4. The molecular formula is C25H28N2O5S. The molecule has 0 saturated carbocycles. The average Bonchev–Trinajstić information content (AvgIpc) is 2.86. The molecule has 7 nitrogen and oxygen atoms in total. The van der Waals surface area contributed by atoms with Crippen molar-refractivity contribution < 1.29 is 22.7 Å². The average molecular weight is 469 g/mol. The van der Waals surface area contributed by atoms with Crippen molar-refractivity contribution in [3.8, 4) is 11.5 Å². The third-order valence-corrected chi connectivity index (χ3v) is 7.96. The van der Waals surface area contributed by atoms with E-state index in [-0.39, 0.29) is 23.1 Å². The summed E-state index contributed by atoms with van der Waals surface area (Å²) in [4.78, 5) is 13.0. The Labute approximate surface area is 194 Å². The molecule has 1 N–H and O–H groups in total. The second-order valence-electron chi connectivity index (χ2n) is 8.08. The highest BCUT2D eigenvalue weighted by atomic mass is 32.2.